The molecule has 0 radical (unpaired) electrons. The number of benzene rings is 2. The van der Waals surface area contributed by atoms with Crippen LogP contribution in [0.5, 0.6) is 11.5 Å². The third-order valence-corrected chi connectivity index (χ3v) is 15.9. The predicted molar refractivity (Wildman–Crippen MR) is 303 cm³/mol. The molecule has 14 heteroatoms. The van der Waals surface area contributed by atoms with Gasteiger partial charge in [-0.2, -0.15) is 0 Å². The van der Waals surface area contributed by atoms with Gasteiger partial charge < -0.3 is 39.5 Å². The summed E-state index contributed by atoms with van der Waals surface area (Å²) in [5.41, 5.74) is 3.13. The van der Waals surface area contributed by atoms with Crippen LogP contribution in [0.3, 0.4) is 0 Å². The van der Waals surface area contributed by atoms with Crippen LogP contribution in [0.2, 0.25) is 0 Å². The first-order chi connectivity index (χ1) is 37.2. The second kappa shape index (κ2) is 34.9. The maximum Gasteiger partial charge on any atom is 0.412 e. The number of aliphatic hydroxyl groups is 2. The van der Waals surface area contributed by atoms with E-state index in [-0.39, 0.29) is 62.2 Å². The van der Waals surface area contributed by atoms with Gasteiger partial charge in [0.05, 0.1) is 23.2 Å². The number of amides is 2. The summed E-state index contributed by atoms with van der Waals surface area (Å²) >= 11 is 0. The number of oxime groups is 1. The summed E-state index contributed by atoms with van der Waals surface area (Å²) in [6, 6.07) is 11.2. The van der Waals surface area contributed by atoms with Crippen LogP contribution in [0.25, 0.3) is 0 Å². The van der Waals surface area contributed by atoms with Crippen molar-refractivity contribution >= 4 is 23.4 Å². The van der Waals surface area contributed by atoms with Crippen molar-refractivity contribution in [3.05, 3.63) is 88.0 Å². The summed E-state index contributed by atoms with van der Waals surface area (Å²) in [7, 11) is 0. The molecule has 76 heavy (non-hydrogen) atoms. The van der Waals surface area contributed by atoms with E-state index >= 15 is 0 Å². The smallest absolute Gasteiger partial charge is 0.412 e. The first kappa shape index (κ1) is 62.1. The second-order valence-corrected chi connectivity index (χ2v) is 21.6. The monoisotopic (exact) mass is 1060 g/mol. The lowest BCUT2D eigenvalue weighted by Crippen LogP contribution is -2.70. The first-order valence-corrected chi connectivity index (χ1v) is 29.8. The summed E-state index contributed by atoms with van der Waals surface area (Å²) in [4.78, 5) is 47.6. The quantitative estimate of drug-likeness (QED) is 0.0251. The molecule has 1 fully saturated rings. The number of hydrogen-bond donors (Lipinski definition) is 3. The zero-order chi connectivity index (χ0) is 54.4. The molecule has 2 amide bonds. The number of hydrogen-bond acceptors (Lipinski definition) is 11. The maximum absolute atomic E-state index is 14.9. The van der Waals surface area contributed by atoms with Gasteiger partial charge in [-0.25, -0.2) is 4.79 Å². The Balaban J connectivity index is 1.54. The molecule has 3 N–H and O–H groups in total. The molecule has 2 aromatic carbocycles. The van der Waals surface area contributed by atoms with E-state index in [1.54, 1.807) is 24.3 Å². The lowest BCUT2D eigenvalue weighted by Gasteiger charge is -2.60. The summed E-state index contributed by atoms with van der Waals surface area (Å²) in [6.45, 7) is 12.0. The van der Waals surface area contributed by atoms with Crippen molar-refractivity contribution in [1.29, 1.82) is 0 Å². The number of nitro groups is 1. The average molecular weight is 1060 g/mol. The minimum atomic E-state index is -1.40. The first-order valence-electron chi connectivity index (χ1n) is 29.8. The molecular formula is C62H96N4O10. The van der Waals surface area contributed by atoms with Crippen LogP contribution in [0.15, 0.2) is 71.9 Å². The molecule has 5 rings (SSSR count). The van der Waals surface area contributed by atoms with Crippen LogP contribution in [0.4, 0.5) is 10.5 Å². The number of aliphatic hydroxyl groups excluding tert-OH is 2. The van der Waals surface area contributed by atoms with Gasteiger partial charge in [-0.15, -0.1) is 6.58 Å². The summed E-state index contributed by atoms with van der Waals surface area (Å²) in [5, 5.41) is 39.5. The Bertz CT molecular complexity index is 2100. The molecule has 1 aliphatic heterocycles. The summed E-state index contributed by atoms with van der Waals surface area (Å²) < 4.78 is 20.7. The number of nitro benzene ring substituents is 1. The van der Waals surface area contributed by atoms with E-state index < -0.39 is 28.8 Å². The van der Waals surface area contributed by atoms with E-state index in [2.05, 4.69) is 38.7 Å². The molecule has 1 heterocycles. The lowest BCUT2D eigenvalue weighted by molar-refractivity contribution is -0.384. The van der Waals surface area contributed by atoms with Gasteiger partial charge in [0.2, 0.25) is 11.7 Å². The number of fused-ring (bicyclic) bond motifs is 2. The van der Waals surface area contributed by atoms with Crippen molar-refractivity contribution in [3.63, 3.8) is 0 Å². The van der Waals surface area contributed by atoms with Gasteiger partial charge in [0, 0.05) is 62.8 Å². The Labute approximate surface area is 456 Å². The molecule has 14 nitrogen and oxygen atoms in total. The van der Waals surface area contributed by atoms with Gasteiger partial charge in [0.25, 0.3) is 5.69 Å². The van der Waals surface area contributed by atoms with Crippen LogP contribution in [0, 0.1) is 27.9 Å². The SMILES string of the molecule is C=CCOC12Oc3ccc(OC(=O)NCCCCCCCCCCCC)cc3C3C(CCCCO)C(CCCCO)C=C(C(=NOCc4ccc([N+](=O)[O-])cc4)CC1N(CCC)C(=O)CCCCCCCCCCC)C32. The molecule has 1 saturated carbocycles. The van der Waals surface area contributed by atoms with Crippen molar-refractivity contribution in [3.8, 4) is 11.5 Å². The van der Waals surface area contributed by atoms with Gasteiger partial charge in [-0.3, -0.25) is 14.9 Å². The minimum Gasteiger partial charge on any atom is -0.459 e. The highest BCUT2D eigenvalue weighted by Crippen LogP contribution is 2.62. The number of rotatable bonds is 40. The molecule has 424 valence electrons. The Morgan fingerprint density at radius 1 is 0.816 bits per heavy atom. The topological polar surface area (TPSA) is 182 Å². The average Bonchev–Trinajstić information content (AvgIpc) is 3.55. The molecule has 6 atom stereocenters. The number of nitrogens with zero attached hydrogens (tertiary/aromatic N) is 3. The highest BCUT2D eigenvalue weighted by Gasteiger charge is 2.65. The van der Waals surface area contributed by atoms with Crippen molar-refractivity contribution in [2.45, 2.75) is 225 Å². The van der Waals surface area contributed by atoms with Crippen LogP contribution >= 0.6 is 0 Å². The fourth-order valence-corrected chi connectivity index (χ4v) is 12.0. The molecule has 0 bridgehead atoms. The highest BCUT2D eigenvalue weighted by molar-refractivity contribution is 6.03. The number of allylic oxidation sites excluding steroid dienone is 1. The van der Waals surface area contributed by atoms with Gasteiger partial charge >= 0.3 is 6.09 Å². The number of unbranched alkanes of at least 4 members (excludes halogenated alkanes) is 19. The maximum atomic E-state index is 14.9. The molecular weight excluding hydrogens is 961 g/mol. The van der Waals surface area contributed by atoms with Gasteiger partial charge in [0.15, 0.2) is 0 Å². The fourth-order valence-electron chi connectivity index (χ4n) is 12.0. The molecule has 2 aromatic rings. The number of nitrogens with one attached hydrogen (secondary N) is 1. The van der Waals surface area contributed by atoms with E-state index in [0.29, 0.717) is 61.5 Å². The highest BCUT2D eigenvalue weighted by atomic mass is 16.7. The van der Waals surface area contributed by atoms with E-state index in [1.165, 1.54) is 95.6 Å². The predicted octanol–water partition coefficient (Wildman–Crippen LogP) is 14.6. The molecule has 2 aliphatic carbocycles. The zero-order valence-electron chi connectivity index (χ0n) is 46.8. The third-order valence-electron chi connectivity index (χ3n) is 15.9. The van der Waals surface area contributed by atoms with E-state index in [4.69, 9.17) is 24.2 Å². The van der Waals surface area contributed by atoms with E-state index in [9.17, 15) is 29.9 Å². The zero-order valence-corrected chi connectivity index (χ0v) is 46.8. The largest absolute Gasteiger partial charge is 0.459 e. The standard InChI is InChI=1S/C62H96N4O10/c1-5-9-11-13-15-17-19-21-23-27-39-63-61(70)75-51-37-38-56-54(45-51)59-52(31-26-29-42-68)49(30-25-28-41-67)44-53-55(64-74-47-48-33-35-50(36-34-48)66(71)72)46-57(62(76-56,60(53)59)73-43-8-4)65(40-7-3)58(69)32-24-22-20-18-16-14-12-10-6-2/h8,33-38,44-45,49,52,57,59-60,67-68H,4-7,9-32,39-43,46-47H2,1-3H3,(H,63,70). The summed E-state index contributed by atoms with van der Waals surface area (Å²) in [6.07, 6.45) is 31.5. The lowest BCUT2D eigenvalue weighted by atomic mass is 9.55. The van der Waals surface area contributed by atoms with Crippen LogP contribution < -0.4 is 14.8 Å². The Morgan fingerprint density at radius 2 is 1.43 bits per heavy atom. The third kappa shape index (κ3) is 18.7. The number of ether oxygens (including phenoxy) is 3. The fraction of sp³-hybridized carbons (Fsp3) is 0.694. The Hall–Kier alpha value is -4.79. The van der Waals surface area contributed by atoms with Crippen LogP contribution in [0.1, 0.15) is 218 Å². The number of carbonyl (C=O) groups excluding carboxylic acids is 2. The van der Waals surface area contributed by atoms with Gasteiger partial charge in [0.1, 0.15) is 24.1 Å². The van der Waals surface area contributed by atoms with Crippen LogP contribution in [-0.4, -0.2) is 82.5 Å². The van der Waals surface area contributed by atoms with Crippen molar-refractivity contribution in [2.24, 2.45) is 22.9 Å². The Kier molecular flexibility index (Phi) is 28.5. The minimum absolute atomic E-state index is 0.00732. The van der Waals surface area contributed by atoms with Crippen molar-refractivity contribution in [2.75, 3.05) is 32.9 Å². The van der Waals surface area contributed by atoms with Crippen molar-refractivity contribution in [1.82, 2.24) is 10.2 Å². The normalized spacial score (nSPS) is 21.0. The molecule has 3 aliphatic rings. The second-order valence-electron chi connectivity index (χ2n) is 21.6. The number of non-ortho nitro benzene ring substituents is 1. The summed E-state index contributed by atoms with van der Waals surface area (Å²) in [5.74, 6) is -1.20. The van der Waals surface area contributed by atoms with Gasteiger partial charge in [-0.1, -0.05) is 160 Å². The van der Waals surface area contributed by atoms with E-state index in [1.807, 2.05) is 17.0 Å². The molecule has 0 saturated heterocycles. The van der Waals surface area contributed by atoms with E-state index in [0.717, 1.165) is 75.3 Å². The molecule has 6 unspecified atom stereocenters. The molecule has 0 spiro atoms. The number of carbonyl (C=O) groups is 2. The van der Waals surface area contributed by atoms with Crippen molar-refractivity contribution < 1.29 is 43.8 Å². The molecule has 0 aromatic heterocycles. The van der Waals surface area contributed by atoms with Gasteiger partial charge in [-0.05, 0) is 98.2 Å². The Morgan fingerprint density at radius 3 is 2.04 bits per heavy atom. The van der Waals surface area contributed by atoms with Crippen LogP contribution in [-0.2, 0) is 21.0 Å².